The fourth-order valence-electron chi connectivity index (χ4n) is 1.64. The molecular weight excluding hydrogens is 250 g/mol. The van der Waals surface area contributed by atoms with Crippen molar-refractivity contribution >= 4 is 35.5 Å². The zero-order valence-corrected chi connectivity index (χ0v) is 11.5. The van der Waals surface area contributed by atoms with Gasteiger partial charge in [0.2, 0.25) is 0 Å². The van der Waals surface area contributed by atoms with Gasteiger partial charge in [0.15, 0.2) is 5.58 Å². The third-order valence-corrected chi connectivity index (χ3v) is 3.78. The Hall–Kier alpha value is -0.610. The van der Waals surface area contributed by atoms with Crippen LogP contribution in [0.5, 0.6) is 0 Å². The molecule has 0 amide bonds. The third-order valence-electron chi connectivity index (χ3n) is 2.55. The molecule has 0 fully saturated rings. The molecule has 0 aliphatic heterocycles. The van der Waals surface area contributed by atoms with Gasteiger partial charge in [-0.1, -0.05) is 36.7 Å². The van der Waals surface area contributed by atoms with Crippen molar-refractivity contribution in [3.8, 4) is 0 Å². The highest BCUT2D eigenvalue weighted by atomic mass is 32.2. The normalized spacial score (nSPS) is 11.1. The van der Waals surface area contributed by atoms with Gasteiger partial charge in [-0.2, -0.15) is 12.6 Å². The number of fused-ring (bicyclic) bond motifs is 1. The molecule has 92 valence electrons. The van der Waals surface area contributed by atoms with Gasteiger partial charge in [0.25, 0.3) is 5.22 Å². The van der Waals surface area contributed by atoms with Crippen LogP contribution < -0.4 is 0 Å². The summed E-state index contributed by atoms with van der Waals surface area (Å²) in [4.78, 5) is 4.43. The van der Waals surface area contributed by atoms with Crippen LogP contribution in [0, 0.1) is 0 Å². The molecule has 1 heterocycles. The van der Waals surface area contributed by atoms with Gasteiger partial charge in [-0.05, 0) is 30.7 Å². The van der Waals surface area contributed by atoms with Gasteiger partial charge in [-0.25, -0.2) is 4.98 Å². The molecule has 0 aliphatic rings. The van der Waals surface area contributed by atoms with E-state index in [2.05, 4.69) is 17.6 Å². The number of rotatable bonds is 7. The van der Waals surface area contributed by atoms with Crippen molar-refractivity contribution in [2.24, 2.45) is 0 Å². The Labute approximate surface area is 112 Å². The van der Waals surface area contributed by atoms with E-state index in [1.54, 1.807) is 11.8 Å². The monoisotopic (exact) mass is 267 g/mol. The smallest absolute Gasteiger partial charge is 0.256 e. The summed E-state index contributed by atoms with van der Waals surface area (Å²) in [6.07, 6.45) is 4.99. The van der Waals surface area contributed by atoms with E-state index in [4.69, 9.17) is 4.42 Å². The molecule has 0 unspecified atom stereocenters. The molecule has 2 aromatic rings. The highest BCUT2D eigenvalue weighted by Gasteiger charge is 2.04. The average Bonchev–Trinajstić information content (AvgIpc) is 2.76. The highest BCUT2D eigenvalue weighted by molar-refractivity contribution is 7.99. The lowest BCUT2D eigenvalue weighted by molar-refractivity contribution is 0.489. The maximum absolute atomic E-state index is 5.64. The van der Waals surface area contributed by atoms with Crippen LogP contribution in [0.3, 0.4) is 0 Å². The predicted octanol–water partition coefficient (Wildman–Crippen LogP) is 4.41. The number of benzene rings is 1. The summed E-state index contributed by atoms with van der Waals surface area (Å²) in [6, 6.07) is 7.89. The molecule has 4 heteroatoms. The third kappa shape index (κ3) is 3.96. The van der Waals surface area contributed by atoms with Gasteiger partial charge in [-0.15, -0.1) is 0 Å². The molecule has 0 saturated heterocycles. The van der Waals surface area contributed by atoms with Gasteiger partial charge in [0.1, 0.15) is 5.52 Å². The molecule has 0 saturated carbocycles. The maximum atomic E-state index is 5.64. The molecule has 0 bridgehead atoms. The second kappa shape index (κ2) is 6.97. The minimum Gasteiger partial charge on any atom is -0.431 e. The van der Waals surface area contributed by atoms with Crippen molar-refractivity contribution in [3.63, 3.8) is 0 Å². The summed E-state index contributed by atoms with van der Waals surface area (Å²) in [5.74, 6) is 2.08. The van der Waals surface area contributed by atoms with Crippen LogP contribution in [0.2, 0.25) is 0 Å². The quantitative estimate of drug-likeness (QED) is 0.457. The number of thiol groups is 1. The Balaban J connectivity index is 1.75. The second-order valence-corrected chi connectivity index (χ2v) is 5.43. The predicted molar refractivity (Wildman–Crippen MR) is 77.1 cm³/mol. The van der Waals surface area contributed by atoms with E-state index < -0.39 is 0 Å². The van der Waals surface area contributed by atoms with Gasteiger partial charge in [0.05, 0.1) is 0 Å². The molecule has 0 atom stereocenters. The van der Waals surface area contributed by atoms with Gasteiger partial charge in [0, 0.05) is 5.75 Å². The van der Waals surface area contributed by atoms with E-state index in [1.165, 1.54) is 25.7 Å². The SMILES string of the molecule is SCCCCCCSc1nc2ccccc2o1. The van der Waals surface area contributed by atoms with Gasteiger partial charge in [-0.3, -0.25) is 0 Å². The van der Waals surface area contributed by atoms with E-state index in [0.29, 0.717) is 0 Å². The van der Waals surface area contributed by atoms with E-state index in [0.717, 1.165) is 27.8 Å². The number of para-hydroxylation sites is 2. The largest absolute Gasteiger partial charge is 0.431 e. The zero-order chi connectivity index (χ0) is 11.9. The van der Waals surface area contributed by atoms with Crippen LogP contribution in [0.1, 0.15) is 25.7 Å². The summed E-state index contributed by atoms with van der Waals surface area (Å²) in [7, 11) is 0. The molecular formula is C13H17NOS2. The Kier molecular flexibility index (Phi) is 5.26. The summed E-state index contributed by atoms with van der Waals surface area (Å²) < 4.78 is 5.64. The van der Waals surface area contributed by atoms with Crippen molar-refractivity contribution in [1.82, 2.24) is 4.98 Å². The molecule has 17 heavy (non-hydrogen) atoms. The zero-order valence-electron chi connectivity index (χ0n) is 9.76. The highest BCUT2D eigenvalue weighted by Crippen LogP contribution is 2.24. The van der Waals surface area contributed by atoms with E-state index in [-0.39, 0.29) is 0 Å². The standard InChI is InChI=1S/C13H17NOS2/c16-9-5-1-2-6-10-17-13-14-11-7-3-4-8-12(11)15-13/h3-4,7-8,16H,1-2,5-6,9-10H2. The number of aromatic nitrogens is 1. The van der Waals surface area contributed by atoms with Crippen LogP contribution in [0.15, 0.2) is 33.9 Å². The molecule has 0 spiro atoms. The van der Waals surface area contributed by atoms with Crippen LogP contribution in [0.4, 0.5) is 0 Å². The van der Waals surface area contributed by atoms with Crippen molar-refractivity contribution < 1.29 is 4.42 Å². The minimum absolute atomic E-state index is 0.792. The molecule has 0 N–H and O–H groups in total. The maximum Gasteiger partial charge on any atom is 0.256 e. The van der Waals surface area contributed by atoms with Crippen molar-refractivity contribution in [2.45, 2.75) is 30.9 Å². The number of hydrogen-bond donors (Lipinski definition) is 1. The number of unbranched alkanes of at least 4 members (excludes halogenated alkanes) is 3. The van der Waals surface area contributed by atoms with Crippen molar-refractivity contribution in [3.05, 3.63) is 24.3 Å². The average molecular weight is 267 g/mol. The fraction of sp³-hybridized carbons (Fsp3) is 0.462. The summed E-state index contributed by atoms with van der Waals surface area (Å²) >= 11 is 5.91. The van der Waals surface area contributed by atoms with Crippen LogP contribution in [0.25, 0.3) is 11.1 Å². The fourth-order valence-corrected chi connectivity index (χ4v) is 2.70. The number of hydrogen-bond acceptors (Lipinski definition) is 4. The molecule has 1 aromatic heterocycles. The van der Waals surface area contributed by atoms with Crippen LogP contribution >= 0.6 is 24.4 Å². The first-order chi connectivity index (χ1) is 8.40. The summed E-state index contributed by atoms with van der Waals surface area (Å²) in [6.45, 7) is 0. The second-order valence-electron chi connectivity index (χ2n) is 3.93. The summed E-state index contributed by atoms with van der Waals surface area (Å²) in [5, 5.41) is 0.792. The van der Waals surface area contributed by atoms with Crippen molar-refractivity contribution in [2.75, 3.05) is 11.5 Å². The first-order valence-corrected chi connectivity index (χ1v) is 7.61. The molecule has 0 aliphatic carbocycles. The Bertz CT molecular complexity index is 422. The molecule has 0 radical (unpaired) electrons. The number of thioether (sulfide) groups is 1. The minimum atomic E-state index is 0.792. The van der Waals surface area contributed by atoms with Gasteiger partial charge < -0.3 is 4.42 Å². The first-order valence-electron chi connectivity index (χ1n) is 5.99. The Morgan fingerprint density at radius 1 is 1.12 bits per heavy atom. The lowest BCUT2D eigenvalue weighted by Gasteiger charge is -1.97. The van der Waals surface area contributed by atoms with Crippen molar-refractivity contribution in [1.29, 1.82) is 0 Å². The Morgan fingerprint density at radius 3 is 2.76 bits per heavy atom. The number of nitrogens with zero attached hydrogens (tertiary/aromatic N) is 1. The lowest BCUT2D eigenvalue weighted by atomic mass is 10.2. The Morgan fingerprint density at radius 2 is 1.94 bits per heavy atom. The van der Waals surface area contributed by atoms with Crippen LogP contribution in [-0.4, -0.2) is 16.5 Å². The van der Waals surface area contributed by atoms with E-state index >= 15 is 0 Å². The van der Waals surface area contributed by atoms with Crippen LogP contribution in [-0.2, 0) is 0 Å². The summed E-state index contributed by atoms with van der Waals surface area (Å²) in [5.41, 5.74) is 1.83. The van der Waals surface area contributed by atoms with Gasteiger partial charge >= 0.3 is 0 Å². The molecule has 1 aromatic carbocycles. The lowest BCUT2D eigenvalue weighted by Crippen LogP contribution is -1.82. The topological polar surface area (TPSA) is 26.0 Å². The van der Waals surface area contributed by atoms with E-state index in [9.17, 15) is 0 Å². The molecule has 2 nitrogen and oxygen atoms in total. The first kappa shape index (κ1) is 12.8. The van der Waals surface area contributed by atoms with E-state index in [1.807, 2.05) is 24.3 Å². The number of oxazole rings is 1. The molecule has 2 rings (SSSR count).